The van der Waals surface area contributed by atoms with Crippen molar-refractivity contribution in [2.75, 3.05) is 5.73 Å². The molecule has 0 aliphatic rings. The first kappa shape index (κ1) is 21.2. The minimum atomic E-state index is -1.32. The Morgan fingerprint density at radius 2 is 1.77 bits per heavy atom. The molecule has 0 bridgehead atoms. The van der Waals surface area contributed by atoms with E-state index in [-0.39, 0.29) is 39.7 Å². The number of aromatic amines is 1. The van der Waals surface area contributed by atoms with Crippen LogP contribution in [0.2, 0.25) is 0 Å². The van der Waals surface area contributed by atoms with Gasteiger partial charge in [-0.25, -0.2) is 14.3 Å². The number of H-pyrrole nitrogens is 1. The Morgan fingerprint density at radius 3 is 2.29 bits per heavy atom. The van der Waals surface area contributed by atoms with Crippen molar-refractivity contribution in [3.63, 3.8) is 0 Å². The van der Waals surface area contributed by atoms with Gasteiger partial charge in [-0.1, -0.05) is 20.8 Å². The van der Waals surface area contributed by atoms with Gasteiger partial charge in [0.05, 0.1) is 28.7 Å². The fourth-order valence-corrected chi connectivity index (χ4v) is 2.76. The van der Waals surface area contributed by atoms with Gasteiger partial charge in [-0.2, -0.15) is 15.5 Å². The predicted octanol–water partition coefficient (Wildman–Crippen LogP) is 3.16. The number of aromatic nitrogens is 4. The lowest BCUT2D eigenvalue weighted by Crippen LogP contribution is -2.11. The zero-order chi connectivity index (χ0) is 22.9. The number of carboxylic acid groups (broad SMARTS) is 2. The Bertz CT molecular complexity index is 1220. The molecule has 3 rings (SSSR count). The van der Waals surface area contributed by atoms with Gasteiger partial charge < -0.3 is 15.9 Å². The first-order valence-electron chi connectivity index (χ1n) is 8.89. The Hall–Kier alpha value is -4.53. The van der Waals surface area contributed by atoms with E-state index in [0.29, 0.717) is 5.69 Å². The molecule has 0 unspecified atom stereocenters. The maximum absolute atomic E-state index is 11.4. The highest BCUT2D eigenvalue weighted by atomic mass is 16.4. The van der Waals surface area contributed by atoms with Crippen molar-refractivity contribution >= 4 is 29.3 Å². The molecule has 0 radical (unpaired) electrons. The molecule has 2 aromatic heterocycles. The number of carbonyl (C=O) groups is 2. The molecule has 0 fully saturated rings. The normalized spacial score (nSPS) is 11.5. The largest absolute Gasteiger partial charge is 0.478 e. The lowest BCUT2D eigenvalue weighted by Gasteiger charge is -2.15. The molecule has 31 heavy (non-hydrogen) atoms. The van der Waals surface area contributed by atoms with Crippen LogP contribution in [0.3, 0.4) is 0 Å². The van der Waals surface area contributed by atoms with Gasteiger partial charge in [0, 0.05) is 5.41 Å². The van der Waals surface area contributed by atoms with Gasteiger partial charge in [0.15, 0.2) is 11.5 Å². The highest BCUT2D eigenvalue weighted by Crippen LogP contribution is 2.35. The predicted molar refractivity (Wildman–Crippen MR) is 108 cm³/mol. The molecule has 12 nitrogen and oxygen atoms in total. The van der Waals surface area contributed by atoms with E-state index < -0.39 is 17.4 Å². The van der Waals surface area contributed by atoms with E-state index in [0.717, 1.165) is 10.7 Å². The number of nitrogens with two attached hydrogens (primary N) is 1. The molecule has 0 atom stereocenters. The summed E-state index contributed by atoms with van der Waals surface area (Å²) in [7, 11) is 0. The second kappa shape index (κ2) is 7.71. The number of aromatic carboxylic acids is 2. The van der Waals surface area contributed by atoms with E-state index in [1.807, 2.05) is 26.8 Å². The van der Waals surface area contributed by atoms with Crippen LogP contribution < -0.4 is 5.73 Å². The minimum Gasteiger partial charge on any atom is -0.478 e. The third kappa shape index (κ3) is 4.10. The summed E-state index contributed by atoms with van der Waals surface area (Å²) in [5.74, 6) is -2.48. The number of benzene rings is 1. The van der Waals surface area contributed by atoms with Crippen LogP contribution in [0.5, 0.6) is 0 Å². The van der Waals surface area contributed by atoms with E-state index in [9.17, 15) is 25.1 Å². The third-order valence-electron chi connectivity index (χ3n) is 4.24. The number of nitrogens with one attached hydrogen (secondary N) is 1. The Morgan fingerprint density at radius 1 is 1.16 bits per heavy atom. The second-order valence-electron chi connectivity index (χ2n) is 7.57. The third-order valence-corrected chi connectivity index (χ3v) is 4.24. The molecule has 158 valence electrons. The number of rotatable bonds is 5. The van der Waals surface area contributed by atoms with Gasteiger partial charge in [0.1, 0.15) is 17.5 Å². The number of nitrogen functional groups attached to an aromatic ring is 1. The highest BCUT2D eigenvalue weighted by molar-refractivity contribution is 5.94. The van der Waals surface area contributed by atoms with Gasteiger partial charge >= 0.3 is 11.9 Å². The lowest BCUT2D eigenvalue weighted by atomic mass is 9.91. The average molecular weight is 422 g/mol. The molecule has 0 saturated heterocycles. The molecule has 2 heterocycles. The van der Waals surface area contributed by atoms with E-state index in [1.54, 1.807) is 0 Å². The van der Waals surface area contributed by atoms with Crippen LogP contribution in [0.15, 0.2) is 34.6 Å². The van der Waals surface area contributed by atoms with Gasteiger partial charge in [0.25, 0.3) is 0 Å². The van der Waals surface area contributed by atoms with Crippen molar-refractivity contribution in [2.24, 2.45) is 10.2 Å². The van der Waals surface area contributed by atoms with Crippen molar-refractivity contribution in [2.45, 2.75) is 26.2 Å². The lowest BCUT2D eigenvalue weighted by molar-refractivity contribution is 0.0696. The molecule has 0 saturated carbocycles. The number of nitrogens with zero attached hydrogens (tertiary/aromatic N) is 6. The number of anilines is 1. The molecule has 0 aliphatic carbocycles. The van der Waals surface area contributed by atoms with Crippen molar-refractivity contribution in [3.05, 3.63) is 46.8 Å². The summed E-state index contributed by atoms with van der Waals surface area (Å²) < 4.78 is 1.13. The van der Waals surface area contributed by atoms with E-state index >= 15 is 0 Å². The van der Waals surface area contributed by atoms with E-state index in [1.165, 1.54) is 18.3 Å². The Kier molecular flexibility index (Phi) is 5.27. The zero-order valence-electron chi connectivity index (χ0n) is 16.8. The standard InChI is InChI=1S/C19H18N8O4/c1-19(2,3)14-13(15(21)25-24-14)23-26-16-11(7-20)8-22-27(16)12-5-9(17(28)29)4-10(6-12)18(30)31/h4-6,8H,1-3H3,(H,28,29)(H,30,31)(H3,21,24,25)/b26-23+. The minimum absolute atomic E-state index is 0.0261. The number of hydrogen-bond acceptors (Lipinski definition) is 8. The van der Waals surface area contributed by atoms with Gasteiger partial charge in [-0.3, -0.25) is 5.10 Å². The summed E-state index contributed by atoms with van der Waals surface area (Å²) in [4.78, 5) is 22.8. The maximum Gasteiger partial charge on any atom is 0.335 e. The van der Waals surface area contributed by atoms with Crippen LogP contribution in [0.1, 0.15) is 52.7 Å². The molecule has 1 aromatic carbocycles. The van der Waals surface area contributed by atoms with Crippen LogP contribution in [0, 0.1) is 11.3 Å². The summed E-state index contributed by atoms with van der Waals surface area (Å²) in [6, 6.07) is 5.38. The van der Waals surface area contributed by atoms with Gasteiger partial charge in [-0.05, 0) is 18.2 Å². The zero-order valence-corrected chi connectivity index (χ0v) is 16.8. The van der Waals surface area contributed by atoms with Crippen LogP contribution in [0.25, 0.3) is 5.69 Å². The molecule has 3 aromatic rings. The van der Waals surface area contributed by atoms with Crippen molar-refractivity contribution in [3.8, 4) is 11.8 Å². The molecule has 5 N–H and O–H groups in total. The first-order chi connectivity index (χ1) is 14.5. The van der Waals surface area contributed by atoms with Gasteiger partial charge in [0.2, 0.25) is 0 Å². The number of hydrogen-bond donors (Lipinski definition) is 4. The van der Waals surface area contributed by atoms with Crippen molar-refractivity contribution in [1.29, 1.82) is 5.26 Å². The Labute approximate surface area is 175 Å². The molecule has 0 spiro atoms. The molecular formula is C19H18N8O4. The quantitative estimate of drug-likeness (QED) is 0.450. The SMILES string of the molecule is CC(C)(C)c1n[nH]c(N)c1/N=N/c1c(C#N)cnn1-c1cc(C(=O)O)cc(C(=O)O)c1. The summed E-state index contributed by atoms with van der Waals surface area (Å²) in [6.45, 7) is 5.74. The molecule has 0 amide bonds. The van der Waals surface area contributed by atoms with Crippen LogP contribution >= 0.6 is 0 Å². The van der Waals surface area contributed by atoms with Crippen molar-refractivity contribution in [1.82, 2.24) is 20.0 Å². The van der Waals surface area contributed by atoms with Gasteiger partial charge in [-0.15, -0.1) is 10.2 Å². The fraction of sp³-hybridized carbons (Fsp3) is 0.211. The molecular weight excluding hydrogens is 404 g/mol. The van der Waals surface area contributed by atoms with Crippen LogP contribution in [0.4, 0.5) is 17.3 Å². The summed E-state index contributed by atoms with van der Waals surface area (Å²) in [6.07, 6.45) is 1.21. The number of carboxylic acids is 2. The molecule has 0 aliphatic heterocycles. The highest BCUT2D eigenvalue weighted by Gasteiger charge is 2.24. The maximum atomic E-state index is 11.4. The van der Waals surface area contributed by atoms with E-state index in [2.05, 4.69) is 25.5 Å². The summed E-state index contributed by atoms with van der Waals surface area (Å²) in [5, 5.41) is 47.1. The van der Waals surface area contributed by atoms with Crippen LogP contribution in [-0.2, 0) is 5.41 Å². The summed E-state index contributed by atoms with van der Waals surface area (Å²) >= 11 is 0. The van der Waals surface area contributed by atoms with E-state index in [4.69, 9.17) is 5.73 Å². The van der Waals surface area contributed by atoms with Crippen molar-refractivity contribution < 1.29 is 19.8 Å². The molecule has 12 heteroatoms. The summed E-state index contributed by atoms with van der Waals surface area (Å²) in [5.41, 5.74) is 5.96. The Balaban J connectivity index is 2.17. The second-order valence-corrected chi connectivity index (χ2v) is 7.57. The monoisotopic (exact) mass is 422 g/mol. The van der Waals surface area contributed by atoms with Crippen LogP contribution in [-0.4, -0.2) is 42.1 Å². The smallest absolute Gasteiger partial charge is 0.335 e. The number of azo groups is 1. The number of nitriles is 1. The topological polar surface area (TPSA) is 196 Å². The first-order valence-corrected chi connectivity index (χ1v) is 8.89. The average Bonchev–Trinajstić information content (AvgIpc) is 3.28. The fourth-order valence-electron chi connectivity index (χ4n) is 2.76.